The number of nitrogens with one attached hydrogen (secondary N) is 1. The van der Waals surface area contributed by atoms with Gasteiger partial charge in [0.2, 0.25) is 0 Å². The molecule has 1 aromatic heterocycles. The third kappa shape index (κ3) is 3.21. The molecule has 0 aliphatic heterocycles. The van der Waals surface area contributed by atoms with E-state index in [1.54, 1.807) is 10.9 Å². The molecule has 20 heavy (non-hydrogen) atoms. The molecule has 0 fully saturated rings. The van der Waals surface area contributed by atoms with E-state index in [2.05, 4.69) is 29.5 Å². The normalized spacial score (nSPS) is 10.8. The molecule has 0 bridgehead atoms. The molecule has 1 aromatic carbocycles. The van der Waals surface area contributed by atoms with Crippen molar-refractivity contribution in [2.45, 2.75) is 26.3 Å². The van der Waals surface area contributed by atoms with Gasteiger partial charge in [0, 0.05) is 12.2 Å². The van der Waals surface area contributed by atoms with E-state index in [4.69, 9.17) is 5.73 Å². The number of nitrogens with two attached hydrogens (primary N) is 1. The van der Waals surface area contributed by atoms with Gasteiger partial charge in [0.05, 0.1) is 12.7 Å². The first-order valence-electron chi connectivity index (χ1n) is 6.62. The third-order valence-electron chi connectivity index (χ3n) is 2.96. The molecule has 3 N–H and O–H groups in total. The molecule has 0 radical (unpaired) electrons. The number of para-hydroxylation sites is 1. The molecule has 0 atom stereocenters. The Morgan fingerprint density at radius 3 is 2.85 bits per heavy atom. The summed E-state index contributed by atoms with van der Waals surface area (Å²) in [5.74, 6) is 0.0702. The Labute approximate surface area is 118 Å². The molecule has 0 aliphatic carbocycles. The van der Waals surface area contributed by atoms with Gasteiger partial charge in [0.15, 0.2) is 5.69 Å². The van der Waals surface area contributed by atoms with Crippen LogP contribution in [0.4, 0.5) is 5.69 Å². The Kier molecular flexibility index (Phi) is 4.47. The maximum atomic E-state index is 12.1. The fourth-order valence-corrected chi connectivity index (χ4v) is 1.94. The number of aromatic nitrogens is 3. The predicted molar refractivity (Wildman–Crippen MR) is 77.6 cm³/mol. The predicted octanol–water partition coefficient (Wildman–Crippen LogP) is 1.61. The highest BCUT2D eigenvalue weighted by atomic mass is 16.2. The van der Waals surface area contributed by atoms with E-state index >= 15 is 0 Å². The lowest BCUT2D eigenvalue weighted by Gasteiger charge is -2.12. The third-order valence-corrected chi connectivity index (χ3v) is 2.96. The number of benzene rings is 1. The summed E-state index contributed by atoms with van der Waals surface area (Å²) in [5.41, 5.74) is 7.62. The zero-order valence-corrected chi connectivity index (χ0v) is 11.7. The number of carbonyl (C=O) groups is 1. The van der Waals surface area contributed by atoms with Crippen LogP contribution in [0.15, 0.2) is 30.5 Å². The van der Waals surface area contributed by atoms with Crippen LogP contribution in [0.3, 0.4) is 0 Å². The minimum absolute atomic E-state index is 0.263. The average Bonchev–Trinajstić information content (AvgIpc) is 2.88. The van der Waals surface area contributed by atoms with Crippen molar-refractivity contribution in [3.8, 4) is 0 Å². The van der Waals surface area contributed by atoms with Crippen LogP contribution in [0.1, 0.15) is 35.8 Å². The first kappa shape index (κ1) is 14.2. The lowest BCUT2D eigenvalue weighted by Crippen LogP contribution is -2.14. The van der Waals surface area contributed by atoms with Crippen molar-refractivity contribution in [3.05, 3.63) is 41.7 Å². The molecule has 1 amide bonds. The van der Waals surface area contributed by atoms with Crippen LogP contribution in [-0.2, 0) is 6.54 Å². The smallest absolute Gasteiger partial charge is 0.277 e. The summed E-state index contributed by atoms with van der Waals surface area (Å²) >= 11 is 0. The number of hydrogen-bond donors (Lipinski definition) is 2. The van der Waals surface area contributed by atoms with Gasteiger partial charge in [-0.3, -0.25) is 9.48 Å². The van der Waals surface area contributed by atoms with E-state index in [-0.39, 0.29) is 11.6 Å². The highest BCUT2D eigenvalue weighted by molar-refractivity contribution is 6.03. The first-order chi connectivity index (χ1) is 9.61. The highest BCUT2D eigenvalue weighted by Gasteiger charge is 2.13. The molecule has 1 heterocycles. The molecule has 0 saturated carbocycles. The summed E-state index contributed by atoms with van der Waals surface area (Å²) in [7, 11) is 0. The molecular weight excluding hydrogens is 254 g/mol. The topological polar surface area (TPSA) is 85.8 Å². The zero-order chi connectivity index (χ0) is 14.5. The van der Waals surface area contributed by atoms with Gasteiger partial charge >= 0.3 is 0 Å². The van der Waals surface area contributed by atoms with Gasteiger partial charge in [-0.05, 0) is 17.5 Å². The fraction of sp³-hybridized carbons (Fsp3) is 0.357. The molecular formula is C14H19N5O. The molecule has 106 valence electrons. The summed E-state index contributed by atoms with van der Waals surface area (Å²) in [6, 6.07) is 7.75. The van der Waals surface area contributed by atoms with E-state index < -0.39 is 0 Å². The maximum absolute atomic E-state index is 12.1. The molecule has 0 saturated heterocycles. The summed E-state index contributed by atoms with van der Waals surface area (Å²) in [6.07, 6.45) is 1.60. The van der Waals surface area contributed by atoms with E-state index in [1.807, 2.05) is 24.3 Å². The Balaban J connectivity index is 2.15. The van der Waals surface area contributed by atoms with Crippen molar-refractivity contribution in [3.63, 3.8) is 0 Å². The van der Waals surface area contributed by atoms with Gasteiger partial charge in [0.1, 0.15) is 0 Å². The minimum Gasteiger partial charge on any atom is -0.329 e. The van der Waals surface area contributed by atoms with Gasteiger partial charge < -0.3 is 11.1 Å². The molecule has 6 nitrogen and oxygen atoms in total. The maximum Gasteiger partial charge on any atom is 0.277 e. The lowest BCUT2D eigenvalue weighted by atomic mass is 10.0. The van der Waals surface area contributed by atoms with Crippen molar-refractivity contribution in [1.82, 2.24) is 15.0 Å². The SMILES string of the molecule is CC(C)c1ccccc1NC(=O)c1cn(CCN)nn1. The first-order valence-corrected chi connectivity index (χ1v) is 6.62. The number of anilines is 1. The summed E-state index contributed by atoms with van der Waals surface area (Å²) in [5, 5.41) is 10.6. The van der Waals surface area contributed by atoms with E-state index in [0.717, 1.165) is 11.3 Å². The summed E-state index contributed by atoms with van der Waals surface area (Å²) in [6.45, 7) is 5.18. The second-order valence-corrected chi connectivity index (χ2v) is 4.85. The fourth-order valence-electron chi connectivity index (χ4n) is 1.94. The van der Waals surface area contributed by atoms with Crippen LogP contribution >= 0.6 is 0 Å². The van der Waals surface area contributed by atoms with Gasteiger partial charge in [-0.2, -0.15) is 0 Å². The average molecular weight is 273 g/mol. The molecule has 0 spiro atoms. The number of nitrogens with zero attached hydrogens (tertiary/aromatic N) is 3. The summed E-state index contributed by atoms with van der Waals surface area (Å²) < 4.78 is 1.56. The van der Waals surface area contributed by atoms with Crippen LogP contribution in [0, 0.1) is 0 Å². The molecule has 2 aromatic rings. The van der Waals surface area contributed by atoms with Gasteiger partial charge in [-0.15, -0.1) is 5.10 Å². The number of carbonyl (C=O) groups excluding carboxylic acids is 1. The van der Waals surface area contributed by atoms with Crippen LogP contribution in [0.2, 0.25) is 0 Å². The second kappa shape index (κ2) is 6.29. The Morgan fingerprint density at radius 2 is 2.15 bits per heavy atom. The van der Waals surface area contributed by atoms with Crippen molar-refractivity contribution in [1.29, 1.82) is 0 Å². The lowest BCUT2D eigenvalue weighted by molar-refractivity contribution is 0.102. The molecule has 0 aliphatic rings. The van der Waals surface area contributed by atoms with Gasteiger partial charge in [-0.25, -0.2) is 0 Å². The highest BCUT2D eigenvalue weighted by Crippen LogP contribution is 2.23. The van der Waals surface area contributed by atoms with Crippen molar-refractivity contribution in [2.24, 2.45) is 5.73 Å². The Morgan fingerprint density at radius 1 is 1.40 bits per heavy atom. The zero-order valence-electron chi connectivity index (χ0n) is 11.7. The van der Waals surface area contributed by atoms with Crippen molar-refractivity contribution >= 4 is 11.6 Å². The largest absolute Gasteiger partial charge is 0.329 e. The van der Waals surface area contributed by atoms with Crippen molar-refractivity contribution in [2.75, 3.05) is 11.9 Å². The molecule has 6 heteroatoms. The monoisotopic (exact) mass is 273 g/mol. The summed E-state index contributed by atoms with van der Waals surface area (Å²) in [4.78, 5) is 12.1. The molecule has 0 unspecified atom stereocenters. The van der Waals surface area contributed by atoms with Crippen LogP contribution in [0.5, 0.6) is 0 Å². The van der Waals surface area contributed by atoms with Gasteiger partial charge in [0.25, 0.3) is 5.91 Å². The second-order valence-electron chi connectivity index (χ2n) is 4.85. The number of rotatable bonds is 5. The van der Waals surface area contributed by atoms with E-state index in [1.165, 1.54) is 0 Å². The number of hydrogen-bond acceptors (Lipinski definition) is 4. The minimum atomic E-state index is -0.263. The van der Waals surface area contributed by atoms with Crippen LogP contribution < -0.4 is 11.1 Å². The standard InChI is InChI=1S/C14H19N5O/c1-10(2)11-5-3-4-6-12(11)16-14(20)13-9-19(8-7-15)18-17-13/h3-6,9-10H,7-8,15H2,1-2H3,(H,16,20). The quantitative estimate of drug-likeness (QED) is 0.866. The molecule has 2 rings (SSSR count). The van der Waals surface area contributed by atoms with Gasteiger partial charge in [-0.1, -0.05) is 37.3 Å². The Hall–Kier alpha value is -2.21. The number of amides is 1. The van der Waals surface area contributed by atoms with E-state index in [9.17, 15) is 4.79 Å². The van der Waals surface area contributed by atoms with Crippen molar-refractivity contribution < 1.29 is 4.79 Å². The Bertz CT molecular complexity index is 591. The van der Waals surface area contributed by atoms with Crippen LogP contribution in [-0.4, -0.2) is 27.4 Å². The van der Waals surface area contributed by atoms with E-state index in [0.29, 0.717) is 19.0 Å². The van der Waals surface area contributed by atoms with Crippen LogP contribution in [0.25, 0.3) is 0 Å².